The van der Waals surface area contributed by atoms with Gasteiger partial charge in [-0.2, -0.15) is 0 Å². The van der Waals surface area contributed by atoms with Crippen LogP contribution in [0.5, 0.6) is 5.88 Å². The molecular weight excluding hydrogens is 522 g/mol. The van der Waals surface area contributed by atoms with E-state index in [0.29, 0.717) is 56.1 Å². The first-order valence-electron chi connectivity index (χ1n) is 13.5. The highest BCUT2D eigenvalue weighted by Gasteiger charge is 2.43. The minimum absolute atomic E-state index is 0.0252. The van der Waals surface area contributed by atoms with Crippen LogP contribution in [0, 0.1) is 17.8 Å². The summed E-state index contributed by atoms with van der Waals surface area (Å²) >= 11 is 0. The molecule has 1 aliphatic carbocycles. The van der Waals surface area contributed by atoms with Crippen LogP contribution in [0.2, 0.25) is 0 Å². The first-order chi connectivity index (χ1) is 18.7. The zero-order valence-electron chi connectivity index (χ0n) is 21.7. The maximum atomic E-state index is 13.6. The lowest BCUT2D eigenvalue weighted by Crippen LogP contribution is -2.36. The Kier molecular flexibility index (Phi) is 7.02. The van der Waals surface area contributed by atoms with Crippen LogP contribution in [0.15, 0.2) is 35.4 Å². The van der Waals surface area contributed by atoms with Crippen LogP contribution in [0.3, 0.4) is 0 Å². The van der Waals surface area contributed by atoms with Crippen molar-refractivity contribution in [2.75, 3.05) is 46.0 Å². The molecule has 0 aromatic carbocycles. The van der Waals surface area contributed by atoms with Crippen LogP contribution in [0.25, 0.3) is 0 Å². The molecule has 208 valence electrons. The van der Waals surface area contributed by atoms with Gasteiger partial charge in [0.05, 0.1) is 6.61 Å². The standard InChI is InChI=1S/C27H33N5O6S/c28-39(35,36)22-3-4-23(29-11-22)27(34)32-14-20-12-31(13-21(20)15-32)26(33)19-9-24(18-1-2-18)30-25(10-19)38-16-17-5-7-37-8-6-17/h3-4,9-11,17-18,20-21H,1-2,5-8,12-16H2,(H2,28,35,36)/t20-,21-/m0/s1. The third-order valence-corrected chi connectivity index (χ3v) is 9.12. The highest BCUT2D eigenvalue weighted by Crippen LogP contribution is 2.40. The maximum Gasteiger partial charge on any atom is 0.272 e. The van der Waals surface area contributed by atoms with Gasteiger partial charge in [-0.05, 0) is 49.8 Å². The van der Waals surface area contributed by atoms with Gasteiger partial charge in [-0.1, -0.05) is 0 Å². The van der Waals surface area contributed by atoms with E-state index >= 15 is 0 Å². The number of sulfonamides is 1. The van der Waals surface area contributed by atoms with Gasteiger partial charge in [-0.25, -0.2) is 23.5 Å². The molecule has 11 nitrogen and oxygen atoms in total. The molecule has 1 saturated carbocycles. The van der Waals surface area contributed by atoms with Crippen LogP contribution in [-0.2, 0) is 14.8 Å². The lowest BCUT2D eigenvalue weighted by molar-refractivity contribution is 0.0490. The van der Waals surface area contributed by atoms with Gasteiger partial charge < -0.3 is 19.3 Å². The number of pyridine rings is 2. The number of nitrogens with zero attached hydrogens (tertiary/aromatic N) is 4. The molecule has 6 rings (SSSR count). The summed E-state index contributed by atoms with van der Waals surface area (Å²) in [6, 6.07) is 6.37. The van der Waals surface area contributed by atoms with Gasteiger partial charge in [0.1, 0.15) is 10.6 Å². The molecule has 2 aromatic rings. The summed E-state index contributed by atoms with van der Waals surface area (Å²) in [7, 11) is -3.87. The Balaban J connectivity index is 1.09. The van der Waals surface area contributed by atoms with E-state index in [4.69, 9.17) is 19.6 Å². The quantitative estimate of drug-likeness (QED) is 0.543. The number of nitrogens with two attached hydrogens (primary N) is 1. The fourth-order valence-corrected chi connectivity index (χ4v) is 6.23. The molecule has 39 heavy (non-hydrogen) atoms. The van der Waals surface area contributed by atoms with Gasteiger partial charge in [-0.3, -0.25) is 9.59 Å². The maximum absolute atomic E-state index is 13.6. The first kappa shape index (κ1) is 26.1. The lowest BCUT2D eigenvalue weighted by atomic mass is 10.0. The Morgan fingerprint density at radius 2 is 1.64 bits per heavy atom. The van der Waals surface area contributed by atoms with Crippen molar-refractivity contribution < 1.29 is 27.5 Å². The number of amides is 2. The fraction of sp³-hybridized carbons (Fsp3) is 0.556. The second kappa shape index (κ2) is 10.5. The van der Waals surface area contributed by atoms with Gasteiger partial charge in [0.15, 0.2) is 0 Å². The minimum Gasteiger partial charge on any atom is -0.477 e. The van der Waals surface area contributed by atoms with Crippen molar-refractivity contribution >= 4 is 21.8 Å². The molecule has 2 atom stereocenters. The number of aromatic nitrogens is 2. The molecule has 2 amide bonds. The minimum atomic E-state index is -3.87. The lowest BCUT2D eigenvalue weighted by Gasteiger charge is -2.23. The highest BCUT2D eigenvalue weighted by atomic mass is 32.2. The topological polar surface area (TPSA) is 145 Å². The van der Waals surface area contributed by atoms with E-state index < -0.39 is 10.0 Å². The summed E-state index contributed by atoms with van der Waals surface area (Å²) in [5.41, 5.74) is 1.72. The van der Waals surface area contributed by atoms with Gasteiger partial charge in [-0.15, -0.1) is 0 Å². The predicted molar refractivity (Wildman–Crippen MR) is 140 cm³/mol. The summed E-state index contributed by atoms with van der Waals surface area (Å²) < 4.78 is 34.4. The molecule has 2 N–H and O–H groups in total. The molecule has 0 unspecified atom stereocenters. The van der Waals surface area contributed by atoms with Crippen LogP contribution in [-0.4, -0.2) is 86.0 Å². The van der Waals surface area contributed by atoms with E-state index in [2.05, 4.69) is 4.98 Å². The van der Waals surface area contributed by atoms with Gasteiger partial charge in [0.2, 0.25) is 15.9 Å². The number of hydrogen-bond acceptors (Lipinski definition) is 8. The molecule has 0 spiro atoms. The molecule has 2 aromatic heterocycles. The molecule has 0 bridgehead atoms. The SMILES string of the molecule is NS(=O)(=O)c1ccc(C(=O)N2C[C@@H]3CN(C(=O)c4cc(OCC5CCOCC5)nc(C5CC5)c4)C[C@H]3C2)nc1. The Morgan fingerprint density at radius 3 is 2.23 bits per heavy atom. The number of hydrogen-bond donors (Lipinski definition) is 1. The van der Waals surface area contributed by atoms with Crippen LogP contribution < -0.4 is 9.88 Å². The first-order valence-corrected chi connectivity index (χ1v) is 15.1. The third-order valence-electron chi connectivity index (χ3n) is 8.22. The zero-order chi connectivity index (χ0) is 27.1. The van der Waals surface area contributed by atoms with E-state index in [-0.39, 0.29) is 34.2 Å². The van der Waals surface area contributed by atoms with E-state index in [0.717, 1.165) is 50.8 Å². The van der Waals surface area contributed by atoms with Gasteiger partial charge >= 0.3 is 0 Å². The average Bonchev–Trinajstić information content (AvgIpc) is 3.61. The monoisotopic (exact) mass is 555 g/mol. The second-order valence-corrected chi connectivity index (χ2v) is 12.7. The Labute approximate surface area is 227 Å². The molecule has 0 radical (unpaired) electrons. The number of ether oxygens (including phenoxy) is 2. The van der Waals surface area contributed by atoms with Crippen molar-refractivity contribution in [3.8, 4) is 5.88 Å². The van der Waals surface area contributed by atoms with E-state index in [9.17, 15) is 18.0 Å². The van der Waals surface area contributed by atoms with Crippen molar-refractivity contribution in [1.29, 1.82) is 0 Å². The van der Waals surface area contributed by atoms with Gasteiger partial charge in [0, 0.05) is 80.7 Å². The summed E-state index contributed by atoms with van der Waals surface area (Å²) in [6.45, 7) is 4.29. The van der Waals surface area contributed by atoms with Crippen molar-refractivity contribution in [2.24, 2.45) is 22.9 Å². The summed E-state index contributed by atoms with van der Waals surface area (Å²) in [4.78, 5) is 38.7. The molecule has 4 aliphatic rings. The Morgan fingerprint density at radius 1 is 0.974 bits per heavy atom. The zero-order valence-corrected chi connectivity index (χ0v) is 22.5. The van der Waals surface area contributed by atoms with E-state index in [1.807, 2.05) is 11.0 Å². The normalized spacial score (nSPS) is 23.6. The largest absolute Gasteiger partial charge is 0.477 e. The van der Waals surface area contributed by atoms with Crippen LogP contribution in [0.1, 0.15) is 58.1 Å². The van der Waals surface area contributed by atoms with Crippen LogP contribution >= 0.6 is 0 Å². The molecule has 12 heteroatoms. The van der Waals surface area contributed by atoms with Crippen molar-refractivity contribution in [3.63, 3.8) is 0 Å². The molecule has 3 saturated heterocycles. The van der Waals surface area contributed by atoms with Crippen molar-refractivity contribution in [2.45, 2.75) is 36.5 Å². The molecular formula is C27H33N5O6S. The number of rotatable bonds is 7. The van der Waals surface area contributed by atoms with E-state index in [1.54, 1.807) is 11.0 Å². The van der Waals surface area contributed by atoms with Crippen molar-refractivity contribution in [3.05, 3.63) is 47.4 Å². The number of carbonyl (C=O) groups is 2. The summed E-state index contributed by atoms with van der Waals surface area (Å²) in [5, 5.41) is 5.12. The molecule has 3 aliphatic heterocycles. The Bertz CT molecular complexity index is 1340. The second-order valence-electron chi connectivity index (χ2n) is 11.1. The summed E-state index contributed by atoms with van der Waals surface area (Å²) in [5.74, 6) is 1.43. The average molecular weight is 556 g/mol. The number of likely N-dealkylation sites (tertiary alicyclic amines) is 2. The third kappa shape index (κ3) is 5.78. The fourth-order valence-electron chi connectivity index (χ4n) is 5.77. The number of primary sulfonamides is 1. The number of fused-ring (bicyclic) bond motifs is 1. The van der Waals surface area contributed by atoms with Gasteiger partial charge in [0.25, 0.3) is 11.8 Å². The van der Waals surface area contributed by atoms with E-state index in [1.165, 1.54) is 12.1 Å². The summed E-state index contributed by atoms with van der Waals surface area (Å²) in [6.07, 6.45) is 5.22. The number of carbonyl (C=O) groups excluding carboxylic acids is 2. The predicted octanol–water partition coefficient (Wildman–Crippen LogP) is 1.65. The van der Waals surface area contributed by atoms with Crippen molar-refractivity contribution in [1.82, 2.24) is 19.8 Å². The highest BCUT2D eigenvalue weighted by molar-refractivity contribution is 7.89. The molecule has 4 fully saturated rings. The molecule has 5 heterocycles. The van der Waals surface area contributed by atoms with Crippen LogP contribution in [0.4, 0.5) is 0 Å². The smallest absolute Gasteiger partial charge is 0.272 e. The Hall–Kier alpha value is -3.09.